The molecule has 1 aromatic heterocycles. The number of fused-ring (bicyclic) bond motifs is 1. The molecular weight excluding hydrogens is 206 g/mol. The average molecular weight is 221 g/mol. The zero-order valence-corrected chi connectivity index (χ0v) is 9.61. The van der Waals surface area contributed by atoms with Crippen LogP contribution in [0.3, 0.4) is 0 Å². The lowest BCUT2D eigenvalue weighted by atomic mass is 10.2. The van der Waals surface area contributed by atoms with Crippen LogP contribution in [0.1, 0.15) is 20.8 Å². The van der Waals surface area contributed by atoms with Crippen LogP contribution < -0.4 is 11.2 Å². The molecule has 0 atom stereocenters. The number of aromatic amines is 1. The van der Waals surface area contributed by atoms with Crippen molar-refractivity contribution in [2.45, 2.75) is 20.8 Å². The first kappa shape index (κ1) is 12.2. The second-order valence-electron chi connectivity index (χ2n) is 4.10. The van der Waals surface area contributed by atoms with E-state index in [-0.39, 0.29) is 5.56 Å². The molecule has 0 aliphatic heterocycles. The van der Waals surface area contributed by atoms with Crippen LogP contribution in [0.2, 0.25) is 0 Å². The van der Waals surface area contributed by atoms with Gasteiger partial charge in [0.1, 0.15) is 0 Å². The molecule has 4 nitrogen and oxygen atoms in total. The molecule has 0 unspecified atom stereocenters. The van der Waals surface area contributed by atoms with Crippen molar-refractivity contribution >= 4 is 10.8 Å². The van der Waals surface area contributed by atoms with Crippen molar-refractivity contribution < 1.29 is 4.52 Å². The van der Waals surface area contributed by atoms with Gasteiger partial charge in [0.05, 0.1) is 10.8 Å². The van der Waals surface area contributed by atoms with Gasteiger partial charge < -0.3 is 4.52 Å². The predicted octanol–water partition coefficient (Wildman–Crippen LogP) is 2.14. The Kier molecular flexibility index (Phi) is 4.05. The molecule has 2 aromatic rings. The topological polar surface area (TPSA) is 63.1 Å². The molecule has 0 radical (unpaired) electrons. The zero-order chi connectivity index (χ0) is 12.1. The monoisotopic (exact) mass is 221 g/mol. The highest BCUT2D eigenvalue weighted by molar-refractivity contribution is 5.79. The van der Waals surface area contributed by atoms with E-state index >= 15 is 0 Å². The summed E-state index contributed by atoms with van der Waals surface area (Å²) in [6.45, 7) is 6.50. The summed E-state index contributed by atoms with van der Waals surface area (Å²) >= 11 is 0. The fourth-order valence-corrected chi connectivity index (χ4v) is 1.06. The van der Waals surface area contributed by atoms with Gasteiger partial charge >= 0.3 is 5.63 Å². The Morgan fingerprint density at radius 3 is 2.06 bits per heavy atom. The van der Waals surface area contributed by atoms with Crippen molar-refractivity contribution in [2.75, 3.05) is 0 Å². The Hall–Kier alpha value is -1.84. The first-order valence-corrected chi connectivity index (χ1v) is 5.13. The van der Waals surface area contributed by atoms with E-state index in [1.54, 1.807) is 24.3 Å². The minimum Gasteiger partial charge on any atom is -0.335 e. The Labute approximate surface area is 92.9 Å². The fraction of sp³-hybridized carbons (Fsp3) is 0.333. The molecule has 0 spiro atoms. The van der Waals surface area contributed by atoms with Crippen LogP contribution >= 0.6 is 0 Å². The van der Waals surface area contributed by atoms with Crippen LogP contribution in [-0.4, -0.2) is 5.16 Å². The third-order valence-corrected chi connectivity index (χ3v) is 1.63. The highest BCUT2D eigenvalue weighted by Gasteiger charge is 2.01. The molecule has 0 saturated heterocycles. The number of hydrogen-bond donors (Lipinski definition) is 1. The van der Waals surface area contributed by atoms with Crippen LogP contribution in [0.5, 0.6) is 0 Å². The third-order valence-electron chi connectivity index (χ3n) is 1.63. The number of hydrogen-bond acceptors (Lipinski definition) is 3. The summed E-state index contributed by atoms with van der Waals surface area (Å²) in [5.74, 6) is 0.833. The summed E-state index contributed by atoms with van der Waals surface area (Å²) in [6, 6.07) is 6.50. The van der Waals surface area contributed by atoms with Crippen molar-refractivity contribution in [2.24, 2.45) is 5.92 Å². The molecular formula is C12H15NO3. The molecule has 0 amide bonds. The van der Waals surface area contributed by atoms with E-state index in [1.807, 2.05) is 5.16 Å². The highest BCUT2D eigenvalue weighted by atomic mass is 16.5. The van der Waals surface area contributed by atoms with E-state index in [1.165, 1.54) is 0 Å². The van der Waals surface area contributed by atoms with Gasteiger partial charge in [-0.15, -0.1) is 0 Å². The summed E-state index contributed by atoms with van der Waals surface area (Å²) in [7, 11) is 0. The van der Waals surface area contributed by atoms with Gasteiger partial charge in [0.25, 0.3) is 5.56 Å². The second kappa shape index (κ2) is 5.30. The standard InChI is InChI=1S/C8H5NO3.C4H10/c10-7-5-3-1-2-4-6(5)8(11)12-9-7;1-4(2)3/h1-4H,(H,9,10);4H,1-3H3. The minimum atomic E-state index is -0.523. The van der Waals surface area contributed by atoms with Crippen LogP contribution in [-0.2, 0) is 0 Å². The van der Waals surface area contributed by atoms with Gasteiger partial charge in [-0.25, -0.2) is 4.79 Å². The Balaban J connectivity index is 0.000000280. The molecule has 0 aliphatic carbocycles. The molecule has 1 N–H and O–H groups in total. The largest absolute Gasteiger partial charge is 0.363 e. The smallest absolute Gasteiger partial charge is 0.335 e. The van der Waals surface area contributed by atoms with Crippen molar-refractivity contribution in [3.05, 3.63) is 45.0 Å². The molecule has 0 aliphatic rings. The Morgan fingerprint density at radius 2 is 1.56 bits per heavy atom. The maximum Gasteiger partial charge on any atom is 0.363 e. The van der Waals surface area contributed by atoms with Crippen molar-refractivity contribution in [3.8, 4) is 0 Å². The second-order valence-corrected chi connectivity index (χ2v) is 4.10. The molecule has 0 saturated carbocycles. The molecule has 16 heavy (non-hydrogen) atoms. The number of aromatic nitrogens is 1. The Bertz CT molecular complexity index is 515. The SMILES string of the molecule is CC(C)C.O=c1[nH]oc(=O)c2ccccc12. The lowest BCUT2D eigenvalue weighted by Crippen LogP contribution is -2.13. The van der Waals surface area contributed by atoms with E-state index in [2.05, 4.69) is 25.3 Å². The summed E-state index contributed by atoms with van der Waals surface area (Å²) in [6.07, 6.45) is 0. The van der Waals surface area contributed by atoms with Crippen LogP contribution in [0.15, 0.2) is 38.4 Å². The quantitative estimate of drug-likeness (QED) is 0.741. The third kappa shape index (κ3) is 3.08. The van der Waals surface area contributed by atoms with E-state index in [0.717, 1.165) is 5.92 Å². The van der Waals surface area contributed by atoms with E-state index in [4.69, 9.17) is 0 Å². The number of H-pyrrole nitrogens is 1. The van der Waals surface area contributed by atoms with E-state index < -0.39 is 5.63 Å². The minimum absolute atomic E-state index is 0.307. The van der Waals surface area contributed by atoms with Gasteiger partial charge in [-0.2, -0.15) is 5.16 Å². The molecule has 86 valence electrons. The summed E-state index contributed by atoms with van der Waals surface area (Å²) < 4.78 is 4.38. The van der Waals surface area contributed by atoms with Crippen molar-refractivity contribution in [1.29, 1.82) is 0 Å². The van der Waals surface area contributed by atoms with Gasteiger partial charge in [0, 0.05) is 0 Å². The summed E-state index contributed by atoms with van der Waals surface area (Å²) in [5, 5.41) is 2.66. The van der Waals surface area contributed by atoms with E-state index in [9.17, 15) is 9.59 Å². The number of rotatable bonds is 0. The molecule has 0 fully saturated rings. The van der Waals surface area contributed by atoms with E-state index in [0.29, 0.717) is 10.8 Å². The van der Waals surface area contributed by atoms with Gasteiger partial charge in [0.15, 0.2) is 0 Å². The normalized spacial score (nSPS) is 10.0. The van der Waals surface area contributed by atoms with Crippen molar-refractivity contribution in [3.63, 3.8) is 0 Å². The predicted molar refractivity (Wildman–Crippen MR) is 63.6 cm³/mol. The number of nitrogens with one attached hydrogen (secondary N) is 1. The first-order chi connectivity index (χ1) is 7.52. The molecule has 2 rings (SSSR count). The van der Waals surface area contributed by atoms with Crippen LogP contribution in [0.25, 0.3) is 10.8 Å². The molecule has 1 aromatic carbocycles. The lowest BCUT2D eigenvalue weighted by Gasteiger charge is -1.90. The average Bonchev–Trinajstić information content (AvgIpc) is 2.23. The van der Waals surface area contributed by atoms with Gasteiger partial charge in [-0.1, -0.05) is 32.9 Å². The van der Waals surface area contributed by atoms with Crippen LogP contribution in [0.4, 0.5) is 0 Å². The van der Waals surface area contributed by atoms with Gasteiger partial charge in [0.2, 0.25) is 0 Å². The maximum absolute atomic E-state index is 11.0. The van der Waals surface area contributed by atoms with Crippen molar-refractivity contribution in [1.82, 2.24) is 5.16 Å². The highest BCUT2D eigenvalue weighted by Crippen LogP contribution is 2.01. The Morgan fingerprint density at radius 1 is 1.06 bits per heavy atom. The summed E-state index contributed by atoms with van der Waals surface area (Å²) in [4.78, 5) is 22.0. The summed E-state index contributed by atoms with van der Waals surface area (Å²) in [5.41, 5.74) is -0.907. The van der Waals surface area contributed by atoms with Gasteiger partial charge in [-0.05, 0) is 18.1 Å². The van der Waals surface area contributed by atoms with Gasteiger partial charge in [-0.3, -0.25) is 4.79 Å². The lowest BCUT2D eigenvalue weighted by molar-refractivity contribution is 0.369. The maximum atomic E-state index is 11.0. The molecule has 4 heteroatoms. The van der Waals surface area contributed by atoms with Crippen LogP contribution in [0, 0.1) is 5.92 Å². The first-order valence-electron chi connectivity index (χ1n) is 5.13. The molecule has 0 bridgehead atoms. The fourth-order valence-electron chi connectivity index (χ4n) is 1.06. The zero-order valence-electron chi connectivity index (χ0n) is 9.61. The molecule has 1 heterocycles. The number of benzene rings is 1.